The topological polar surface area (TPSA) is 105 Å². The molecule has 0 unspecified atom stereocenters. The van der Waals surface area contributed by atoms with Crippen molar-refractivity contribution in [3.8, 4) is 0 Å². The molecule has 2 aromatic heterocycles. The average molecular weight is 401 g/mol. The molecule has 8 nitrogen and oxygen atoms in total. The summed E-state index contributed by atoms with van der Waals surface area (Å²) >= 11 is 0. The molecule has 1 aromatic carbocycles. The Kier molecular flexibility index (Phi) is 6.05. The van der Waals surface area contributed by atoms with Crippen molar-refractivity contribution in [1.29, 1.82) is 0 Å². The lowest BCUT2D eigenvalue weighted by Gasteiger charge is -2.15. The molecule has 3 aromatic rings. The van der Waals surface area contributed by atoms with E-state index < -0.39 is 16.1 Å². The van der Waals surface area contributed by atoms with Crippen LogP contribution >= 0.6 is 0 Å². The van der Waals surface area contributed by atoms with Crippen LogP contribution < -0.4 is 10.0 Å². The number of hydrogen-bond donors (Lipinski definition) is 2. The maximum atomic E-state index is 12.9. The molecular formula is C19H23N5O3S. The van der Waals surface area contributed by atoms with Crippen LogP contribution in [0.5, 0.6) is 0 Å². The van der Waals surface area contributed by atoms with Gasteiger partial charge >= 0.3 is 0 Å². The van der Waals surface area contributed by atoms with Crippen LogP contribution in [-0.4, -0.2) is 35.2 Å². The molecular weight excluding hydrogens is 378 g/mol. The van der Waals surface area contributed by atoms with Crippen molar-refractivity contribution in [3.63, 3.8) is 0 Å². The van der Waals surface area contributed by atoms with Crippen LogP contribution in [0, 0.1) is 0 Å². The second-order valence-corrected chi connectivity index (χ2v) is 8.07. The van der Waals surface area contributed by atoms with Crippen LogP contribution in [0.4, 0.5) is 0 Å². The number of hydrogen-bond acceptors (Lipinski definition) is 5. The van der Waals surface area contributed by atoms with E-state index in [9.17, 15) is 13.2 Å². The van der Waals surface area contributed by atoms with Crippen LogP contribution in [0.3, 0.4) is 0 Å². The van der Waals surface area contributed by atoms with Crippen molar-refractivity contribution in [3.05, 3.63) is 60.2 Å². The monoisotopic (exact) mass is 401 g/mol. The third-order valence-corrected chi connectivity index (χ3v) is 5.73. The Labute approximate surface area is 164 Å². The molecule has 1 amide bonds. The summed E-state index contributed by atoms with van der Waals surface area (Å²) in [6.45, 7) is 4.36. The number of nitrogens with one attached hydrogen (secondary N) is 2. The van der Waals surface area contributed by atoms with E-state index in [1.165, 1.54) is 12.1 Å². The number of amides is 1. The van der Waals surface area contributed by atoms with Crippen molar-refractivity contribution in [1.82, 2.24) is 24.4 Å². The van der Waals surface area contributed by atoms with Gasteiger partial charge in [0.1, 0.15) is 0 Å². The summed E-state index contributed by atoms with van der Waals surface area (Å²) < 4.78 is 30.2. The summed E-state index contributed by atoms with van der Waals surface area (Å²) in [5.41, 5.74) is 0.892. The largest absolute Gasteiger partial charge is 0.352 e. The minimum absolute atomic E-state index is 0.0389. The number of rotatable bonds is 8. The zero-order chi connectivity index (χ0) is 20.1. The molecule has 0 radical (unpaired) electrons. The lowest BCUT2D eigenvalue weighted by Crippen LogP contribution is -2.29. The number of aromatic nitrogens is 3. The van der Waals surface area contributed by atoms with E-state index >= 15 is 0 Å². The highest BCUT2D eigenvalue weighted by Crippen LogP contribution is 2.20. The molecule has 0 aliphatic heterocycles. The number of benzene rings is 1. The molecule has 0 saturated carbocycles. The van der Waals surface area contributed by atoms with Crippen LogP contribution in [0.15, 0.2) is 53.8 Å². The summed E-state index contributed by atoms with van der Waals surface area (Å²) in [5, 5.41) is 2.75. The van der Waals surface area contributed by atoms with Gasteiger partial charge in [0.25, 0.3) is 5.91 Å². The van der Waals surface area contributed by atoms with Crippen LogP contribution in [0.25, 0.3) is 5.78 Å². The summed E-state index contributed by atoms with van der Waals surface area (Å²) in [5.74, 6) is 0.210. The van der Waals surface area contributed by atoms with Gasteiger partial charge in [-0.3, -0.25) is 9.20 Å². The minimum atomic E-state index is -3.83. The van der Waals surface area contributed by atoms with Gasteiger partial charge < -0.3 is 5.32 Å². The van der Waals surface area contributed by atoms with E-state index in [4.69, 9.17) is 0 Å². The predicted molar refractivity (Wildman–Crippen MR) is 105 cm³/mol. The van der Waals surface area contributed by atoms with Crippen molar-refractivity contribution < 1.29 is 13.2 Å². The van der Waals surface area contributed by atoms with E-state index in [-0.39, 0.29) is 10.8 Å². The second kappa shape index (κ2) is 8.49. The van der Waals surface area contributed by atoms with Gasteiger partial charge in [-0.05, 0) is 37.1 Å². The molecule has 2 N–H and O–H groups in total. The molecule has 0 saturated heterocycles. The van der Waals surface area contributed by atoms with Gasteiger partial charge in [0.2, 0.25) is 15.8 Å². The molecule has 1 atom stereocenters. The fourth-order valence-electron chi connectivity index (χ4n) is 2.77. The minimum Gasteiger partial charge on any atom is -0.352 e. The maximum Gasteiger partial charge on any atom is 0.251 e. The normalized spacial score (nSPS) is 12.8. The number of fused-ring (bicyclic) bond motifs is 1. The van der Waals surface area contributed by atoms with Crippen LogP contribution in [0.1, 0.15) is 48.8 Å². The first-order valence-corrected chi connectivity index (χ1v) is 10.6. The molecule has 0 aliphatic rings. The lowest BCUT2D eigenvalue weighted by molar-refractivity contribution is 0.0953. The van der Waals surface area contributed by atoms with Crippen molar-refractivity contribution >= 4 is 21.7 Å². The first-order valence-electron chi connectivity index (χ1n) is 9.14. The van der Waals surface area contributed by atoms with E-state index in [1.54, 1.807) is 41.2 Å². The Balaban J connectivity index is 1.84. The number of imidazole rings is 1. The Morgan fingerprint density at radius 3 is 2.79 bits per heavy atom. The van der Waals surface area contributed by atoms with Crippen LogP contribution in [-0.2, 0) is 10.0 Å². The molecule has 0 aliphatic carbocycles. The van der Waals surface area contributed by atoms with Crippen molar-refractivity contribution in [2.75, 3.05) is 6.54 Å². The van der Waals surface area contributed by atoms with Gasteiger partial charge in [0.05, 0.1) is 16.6 Å². The van der Waals surface area contributed by atoms with Gasteiger partial charge in [-0.15, -0.1) is 0 Å². The Bertz CT molecular complexity index is 1040. The number of carbonyl (C=O) groups is 1. The van der Waals surface area contributed by atoms with E-state index in [0.717, 1.165) is 6.42 Å². The first-order chi connectivity index (χ1) is 13.4. The first kappa shape index (κ1) is 20.0. The third kappa shape index (κ3) is 4.37. The van der Waals surface area contributed by atoms with Crippen LogP contribution in [0.2, 0.25) is 0 Å². The third-order valence-electron chi connectivity index (χ3n) is 4.26. The highest BCUT2D eigenvalue weighted by molar-refractivity contribution is 7.89. The zero-order valence-corrected chi connectivity index (χ0v) is 16.6. The molecule has 28 heavy (non-hydrogen) atoms. The van der Waals surface area contributed by atoms with Gasteiger partial charge in [0, 0.05) is 30.7 Å². The highest BCUT2D eigenvalue weighted by Gasteiger charge is 2.23. The Morgan fingerprint density at radius 2 is 2.07 bits per heavy atom. The summed E-state index contributed by atoms with van der Waals surface area (Å²) in [4.78, 5) is 20.7. The van der Waals surface area contributed by atoms with E-state index in [0.29, 0.717) is 30.0 Å². The number of carbonyl (C=O) groups excluding carboxylic acids is 1. The number of nitrogens with zero attached hydrogens (tertiary/aromatic N) is 3. The molecule has 9 heteroatoms. The molecule has 2 heterocycles. The highest BCUT2D eigenvalue weighted by atomic mass is 32.2. The molecule has 148 valence electrons. The predicted octanol–water partition coefficient (Wildman–Crippen LogP) is 2.30. The summed E-state index contributed by atoms with van der Waals surface area (Å²) in [7, 11) is -3.83. The number of sulfonamides is 1. The zero-order valence-electron chi connectivity index (χ0n) is 15.8. The molecule has 0 bridgehead atoms. The smallest absolute Gasteiger partial charge is 0.251 e. The summed E-state index contributed by atoms with van der Waals surface area (Å²) in [6, 6.07) is 7.27. The van der Waals surface area contributed by atoms with E-state index in [2.05, 4.69) is 20.0 Å². The van der Waals surface area contributed by atoms with Gasteiger partial charge in [0.15, 0.2) is 0 Å². The summed E-state index contributed by atoms with van der Waals surface area (Å²) in [6.07, 6.45) is 6.51. The average Bonchev–Trinajstić information content (AvgIpc) is 3.14. The maximum absolute atomic E-state index is 12.9. The molecule has 0 fully saturated rings. The van der Waals surface area contributed by atoms with Gasteiger partial charge in [-0.25, -0.2) is 23.1 Å². The fraction of sp³-hybridized carbons (Fsp3) is 0.316. The molecule has 0 spiro atoms. The van der Waals surface area contributed by atoms with E-state index in [1.807, 2.05) is 13.8 Å². The standard InChI is InChI=1S/C19H23N5O3S/c1-3-9-20-18(25)14-7-5-8-15(12-14)28(26,27)23-16(4-2)17-13-24-11-6-10-21-19(24)22-17/h5-8,10-13,16,23H,3-4,9H2,1-2H3,(H,20,25)/t16-/m1/s1. The van der Waals surface area contributed by atoms with Gasteiger partial charge in [-0.1, -0.05) is 19.9 Å². The quantitative estimate of drug-likeness (QED) is 0.602. The molecule has 3 rings (SSSR count). The Hall–Kier alpha value is -2.78. The SMILES string of the molecule is CCCNC(=O)c1cccc(S(=O)(=O)N[C@H](CC)c2cn3cccnc3n2)c1. The van der Waals surface area contributed by atoms with Crippen molar-refractivity contribution in [2.24, 2.45) is 0 Å². The Morgan fingerprint density at radius 1 is 1.25 bits per heavy atom. The second-order valence-electron chi connectivity index (χ2n) is 6.36. The van der Waals surface area contributed by atoms with Crippen molar-refractivity contribution in [2.45, 2.75) is 37.6 Å². The fourth-order valence-corrected chi connectivity index (χ4v) is 4.11. The lowest BCUT2D eigenvalue weighted by atomic mass is 10.2. The van der Waals surface area contributed by atoms with Gasteiger partial charge in [-0.2, -0.15) is 0 Å².